The van der Waals surface area contributed by atoms with Crippen LogP contribution in [0.25, 0.3) is 0 Å². The number of nitrogens with one attached hydrogen (secondary N) is 1. The number of carbonyl (C=O) groups is 2. The first-order chi connectivity index (χ1) is 10.4. The monoisotopic (exact) mass is 322 g/mol. The molecule has 2 amide bonds. The molecule has 0 atom stereocenters. The van der Waals surface area contributed by atoms with Crippen LogP contribution in [0.15, 0.2) is 24.3 Å². The normalized spacial score (nSPS) is 16.0. The van der Waals surface area contributed by atoms with E-state index in [2.05, 4.69) is 5.32 Å². The van der Waals surface area contributed by atoms with Crippen LogP contribution in [0.1, 0.15) is 39.5 Å². The van der Waals surface area contributed by atoms with E-state index in [0.717, 1.165) is 38.8 Å². The highest BCUT2D eigenvalue weighted by molar-refractivity contribution is 6.33. The smallest absolute Gasteiger partial charge is 0.239 e. The maximum atomic E-state index is 12.7. The van der Waals surface area contributed by atoms with E-state index in [-0.39, 0.29) is 11.8 Å². The van der Waals surface area contributed by atoms with Gasteiger partial charge in [0.2, 0.25) is 11.8 Å². The topological polar surface area (TPSA) is 49.4 Å². The first kappa shape index (κ1) is 16.8. The number of hydrogen-bond donors (Lipinski definition) is 1. The molecule has 0 aromatic heterocycles. The van der Waals surface area contributed by atoms with Gasteiger partial charge in [-0.15, -0.1) is 0 Å². The number of amides is 2. The van der Waals surface area contributed by atoms with Gasteiger partial charge in [-0.2, -0.15) is 0 Å². The van der Waals surface area contributed by atoms with Crippen LogP contribution in [0.4, 0.5) is 5.69 Å². The van der Waals surface area contributed by atoms with Crippen molar-refractivity contribution in [1.29, 1.82) is 0 Å². The van der Waals surface area contributed by atoms with Crippen LogP contribution in [0.2, 0.25) is 5.02 Å². The molecule has 2 rings (SSSR count). The SMILES string of the molecule is CC(C)(C(=O)Nc1ccccc1Cl)C(=O)N1CCCCCC1. The molecule has 1 aromatic rings. The fraction of sp³-hybridized carbons (Fsp3) is 0.529. The highest BCUT2D eigenvalue weighted by atomic mass is 35.5. The summed E-state index contributed by atoms with van der Waals surface area (Å²) in [4.78, 5) is 27.1. The Balaban J connectivity index is 2.09. The number of rotatable bonds is 3. The Hall–Kier alpha value is -1.55. The third-order valence-electron chi connectivity index (χ3n) is 4.12. The van der Waals surface area contributed by atoms with Crippen LogP contribution in [0, 0.1) is 5.41 Å². The Morgan fingerprint density at radius 1 is 1.09 bits per heavy atom. The molecule has 0 saturated carbocycles. The zero-order valence-corrected chi connectivity index (χ0v) is 13.9. The number of anilines is 1. The Labute approximate surface area is 136 Å². The van der Waals surface area contributed by atoms with Gasteiger partial charge in [0.05, 0.1) is 10.7 Å². The lowest BCUT2D eigenvalue weighted by Gasteiger charge is -2.30. The van der Waals surface area contributed by atoms with Gasteiger partial charge in [0.1, 0.15) is 5.41 Å². The predicted octanol–water partition coefficient (Wildman–Crippen LogP) is 3.71. The molecule has 1 aromatic carbocycles. The van der Waals surface area contributed by atoms with Crippen molar-refractivity contribution in [3.8, 4) is 0 Å². The van der Waals surface area contributed by atoms with E-state index in [1.165, 1.54) is 0 Å². The molecular weight excluding hydrogens is 300 g/mol. The molecule has 0 unspecified atom stereocenters. The molecule has 0 radical (unpaired) electrons. The summed E-state index contributed by atoms with van der Waals surface area (Å²) < 4.78 is 0. The van der Waals surface area contributed by atoms with Gasteiger partial charge in [-0.1, -0.05) is 36.6 Å². The number of hydrogen-bond acceptors (Lipinski definition) is 2. The molecular formula is C17H23ClN2O2. The molecule has 4 nitrogen and oxygen atoms in total. The Kier molecular flexibility index (Phi) is 5.46. The quantitative estimate of drug-likeness (QED) is 0.862. The molecule has 1 N–H and O–H groups in total. The van der Waals surface area contributed by atoms with Crippen molar-refractivity contribution in [3.05, 3.63) is 29.3 Å². The van der Waals surface area contributed by atoms with Gasteiger partial charge in [0.25, 0.3) is 0 Å². The average molecular weight is 323 g/mol. The van der Waals surface area contributed by atoms with E-state index >= 15 is 0 Å². The summed E-state index contributed by atoms with van der Waals surface area (Å²) in [6.45, 7) is 4.82. The fourth-order valence-electron chi connectivity index (χ4n) is 2.61. The van der Waals surface area contributed by atoms with Crippen molar-refractivity contribution in [2.45, 2.75) is 39.5 Å². The summed E-state index contributed by atoms with van der Waals surface area (Å²) in [5.41, 5.74) is -0.574. The van der Waals surface area contributed by atoms with E-state index in [0.29, 0.717) is 10.7 Å². The van der Waals surface area contributed by atoms with Crippen LogP contribution in [-0.4, -0.2) is 29.8 Å². The third kappa shape index (κ3) is 3.80. The van der Waals surface area contributed by atoms with Gasteiger partial charge in [-0.25, -0.2) is 0 Å². The maximum absolute atomic E-state index is 12.7. The van der Waals surface area contributed by atoms with Crippen LogP contribution in [-0.2, 0) is 9.59 Å². The van der Waals surface area contributed by atoms with Crippen molar-refractivity contribution in [1.82, 2.24) is 4.90 Å². The van der Waals surface area contributed by atoms with Crippen molar-refractivity contribution >= 4 is 29.1 Å². The molecule has 120 valence electrons. The van der Waals surface area contributed by atoms with E-state index in [1.54, 1.807) is 38.1 Å². The second kappa shape index (κ2) is 7.14. The van der Waals surface area contributed by atoms with Gasteiger partial charge in [-0.3, -0.25) is 9.59 Å². The molecule has 1 aliphatic rings. The van der Waals surface area contributed by atoms with Gasteiger partial charge < -0.3 is 10.2 Å². The molecule has 0 aliphatic carbocycles. The van der Waals surface area contributed by atoms with E-state index in [9.17, 15) is 9.59 Å². The number of carbonyl (C=O) groups excluding carboxylic acids is 2. The van der Waals surface area contributed by atoms with E-state index in [4.69, 9.17) is 11.6 Å². The summed E-state index contributed by atoms with van der Waals surface area (Å²) >= 11 is 6.06. The Morgan fingerprint density at radius 3 is 2.27 bits per heavy atom. The summed E-state index contributed by atoms with van der Waals surface area (Å²) in [6.07, 6.45) is 4.31. The zero-order valence-electron chi connectivity index (χ0n) is 13.2. The van der Waals surface area contributed by atoms with Gasteiger partial charge in [-0.05, 0) is 38.8 Å². The highest BCUT2D eigenvalue weighted by Crippen LogP contribution is 2.26. The van der Waals surface area contributed by atoms with Crippen LogP contribution >= 0.6 is 11.6 Å². The summed E-state index contributed by atoms with van der Waals surface area (Å²) in [5.74, 6) is -0.436. The van der Waals surface area contributed by atoms with Crippen LogP contribution < -0.4 is 5.32 Å². The minimum Gasteiger partial charge on any atom is -0.342 e. The van der Waals surface area contributed by atoms with Crippen molar-refractivity contribution < 1.29 is 9.59 Å². The minimum atomic E-state index is -1.11. The van der Waals surface area contributed by atoms with E-state index in [1.807, 2.05) is 4.90 Å². The molecule has 1 aliphatic heterocycles. The molecule has 0 spiro atoms. The average Bonchev–Trinajstić information content (AvgIpc) is 2.77. The second-order valence-electron chi connectivity index (χ2n) is 6.27. The van der Waals surface area contributed by atoms with Crippen molar-refractivity contribution in [2.24, 2.45) is 5.41 Å². The van der Waals surface area contributed by atoms with Gasteiger partial charge in [0, 0.05) is 13.1 Å². The zero-order chi connectivity index (χ0) is 16.2. The molecule has 5 heteroatoms. The second-order valence-corrected chi connectivity index (χ2v) is 6.67. The number of halogens is 1. The molecule has 1 heterocycles. The summed E-state index contributed by atoms with van der Waals surface area (Å²) in [5, 5.41) is 3.23. The van der Waals surface area contributed by atoms with Crippen LogP contribution in [0.3, 0.4) is 0 Å². The maximum Gasteiger partial charge on any atom is 0.239 e. The highest BCUT2D eigenvalue weighted by Gasteiger charge is 2.39. The molecule has 1 saturated heterocycles. The Morgan fingerprint density at radius 2 is 1.68 bits per heavy atom. The fourth-order valence-corrected chi connectivity index (χ4v) is 2.79. The minimum absolute atomic E-state index is 0.112. The van der Waals surface area contributed by atoms with E-state index < -0.39 is 5.41 Å². The predicted molar refractivity (Wildman–Crippen MR) is 88.9 cm³/mol. The van der Waals surface area contributed by atoms with Crippen LogP contribution in [0.5, 0.6) is 0 Å². The molecule has 1 fully saturated rings. The number of nitrogens with zero attached hydrogens (tertiary/aromatic N) is 1. The van der Waals surface area contributed by atoms with Gasteiger partial charge in [0.15, 0.2) is 0 Å². The lowest BCUT2D eigenvalue weighted by atomic mass is 9.90. The number of likely N-dealkylation sites (tertiary alicyclic amines) is 1. The lowest BCUT2D eigenvalue weighted by Crippen LogP contribution is -2.47. The third-order valence-corrected chi connectivity index (χ3v) is 4.45. The summed E-state index contributed by atoms with van der Waals surface area (Å²) in [7, 11) is 0. The number of para-hydroxylation sites is 1. The standard InChI is InChI=1S/C17H23ClN2O2/c1-17(2,16(22)20-11-7-3-4-8-12-20)15(21)19-14-10-6-5-9-13(14)18/h5-6,9-10H,3-4,7-8,11-12H2,1-2H3,(H,19,21). The summed E-state index contributed by atoms with van der Waals surface area (Å²) in [6, 6.07) is 7.03. The first-order valence-corrected chi connectivity index (χ1v) is 8.16. The van der Waals surface area contributed by atoms with Gasteiger partial charge >= 0.3 is 0 Å². The molecule has 0 bridgehead atoms. The lowest BCUT2D eigenvalue weighted by molar-refractivity contribution is -0.146. The van der Waals surface area contributed by atoms with Crippen molar-refractivity contribution in [2.75, 3.05) is 18.4 Å². The largest absolute Gasteiger partial charge is 0.342 e. The Bertz CT molecular complexity index is 549. The van der Waals surface area contributed by atoms with Crippen molar-refractivity contribution in [3.63, 3.8) is 0 Å². The molecule has 22 heavy (non-hydrogen) atoms. The number of benzene rings is 1. The first-order valence-electron chi connectivity index (χ1n) is 7.78.